The number of nitrogens with one attached hydrogen (secondary N) is 1. The van der Waals surface area contributed by atoms with E-state index >= 15 is 0 Å². The number of hydrogen-bond acceptors (Lipinski definition) is 7. The van der Waals surface area contributed by atoms with Crippen LogP contribution in [0.15, 0.2) is 35.9 Å². The van der Waals surface area contributed by atoms with Gasteiger partial charge >= 0.3 is 12.1 Å². The van der Waals surface area contributed by atoms with E-state index in [2.05, 4.69) is 17.1 Å². The van der Waals surface area contributed by atoms with Crippen molar-refractivity contribution in [2.24, 2.45) is 17.8 Å². The summed E-state index contributed by atoms with van der Waals surface area (Å²) < 4.78 is 25.1. The number of halogens is 1. The molecule has 2 heterocycles. The molecule has 0 saturated carbocycles. The van der Waals surface area contributed by atoms with Gasteiger partial charge in [-0.05, 0) is 62.1 Å². The first-order valence-electron chi connectivity index (χ1n) is 14.4. The molecular weight excluding hydrogens is 545 g/mol. The molecule has 1 aromatic carbocycles. The van der Waals surface area contributed by atoms with Gasteiger partial charge in [0.2, 0.25) is 5.91 Å². The lowest BCUT2D eigenvalue weighted by atomic mass is 9.80. The summed E-state index contributed by atoms with van der Waals surface area (Å²) in [6.45, 7) is 7.22. The first kappa shape index (κ1) is 33.2. The van der Waals surface area contributed by atoms with Gasteiger partial charge in [0.1, 0.15) is 18.5 Å². The number of nitrogens with zero attached hydrogens (tertiary/aromatic N) is 2. The highest BCUT2D eigenvalue weighted by atomic mass is 19.1. The number of cyclic esters (lactones) is 1. The maximum Gasteiger partial charge on any atom is 0.407 e. The van der Waals surface area contributed by atoms with Gasteiger partial charge in [0, 0.05) is 44.3 Å². The number of carboxylic acid groups (broad SMARTS) is 1. The Hall–Kier alpha value is -3.28. The van der Waals surface area contributed by atoms with Crippen molar-refractivity contribution in [3.63, 3.8) is 0 Å². The van der Waals surface area contributed by atoms with Crippen molar-refractivity contribution < 1.29 is 38.5 Å². The molecule has 1 aromatic rings. The summed E-state index contributed by atoms with van der Waals surface area (Å²) >= 11 is 0. The molecular formula is C31H44FN3O7. The molecule has 2 aliphatic heterocycles. The van der Waals surface area contributed by atoms with Gasteiger partial charge in [0.05, 0.1) is 18.6 Å². The molecule has 11 heteroatoms. The van der Waals surface area contributed by atoms with Gasteiger partial charge in [-0.3, -0.25) is 9.59 Å². The molecule has 3 rings (SSSR count). The number of rotatable bonds is 6. The Bertz CT molecular complexity index is 1170. The summed E-state index contributed by atoms with van der Waals surface area (Å²) in [5, 5.41) is 23.2. The zero-order chi connectivity index (χ0) is 31.0. The normalized spacial score (nSPS) is 29.2. The van der Waals surface area contributed by atoms with Crippen molar-refractivity contribution in [3.05, 3.63) is 47.3 Å². The molecule has 0 aliphatic carbocycles. The number of aliphatic hydroxyl groups excluding tert-OH is 1. The standard InChI is InChI=1S/C31H44FN3O7/c1-19-6-8-25(36)16-29(38)42-30(20(2)7-9-26(19)27-17-34(4)10-11-35(27)31(39)40)21(3)12-22-13-23(32)15-24(14-22)33-28(37)18-41-5/h7,9,12-15,19-20,25-27,30,36H,6,8,10-11,16-18H2,1-5H3,(H,33,37)(H,39,40)/b9-7+,21-12+/t19-,20+,25+,26+,27?,30+/m1/s1. The molecule has 2 aliphatic rings. The fraction of sp³-hybridized carbons (Fsp3) is 0.581. The summed E-state index contributed by atoms with van der Waals surface area (Å²) in [7, 11) is 3.37. The van der Waals surface area contributed by atoms with Gasteiger partial charge in [-0.1, -0.05) is 32.1 Å². The zero-order valence-corrected chi connectivity index (χ0v) is 25.1. The maximum absolute atomic E-state index is 14.4. The van der Waals surface area contributed by atoms with E-state index in [-0.39, 0.29) is 42.5 Å². The lowest BCUT2D eigenvalue weighted by Gasteiger charge is -2.43. The van der Waals surface area contributed by atoms with Crippen molar-refractivity contribution in [2.75, 3.05) is 45.7 Å². The third-order valence-electron chi connectivity index (χ3n) is 8.02. The number of aliphatic hydroxyl groups is 1. The predicted octanol–water partition coefficient (Wildman–Crippen LogP) is 4.01. The molecule has 1 saturated heterocycles. The van der Waals surface area contributed by atoms with E-state index in [1.54, 1.807) is 19.1 Å². The van der Waals surface area contributed by atoms with Crippen LogP contribution in [0.1, 0.15) is 45.6 Å². The molecule has 10 nitrogen and oxygen atoms in total. The number of anilines is 1. The summed E-state index contributed by atoms with van der Waals surface area (Å²) in [4.78, 5) is 40.5. The number of ether oxygens (including phenoxy) is 2. The van der Waals surface area contributed by atoms with Crippen LogP contribution in [0.4, 0.5) is 14.9 Å². The quantitative estimate of drug-likeness (QED) is 0.336. The number of benzene rings is 1. The highest BCUT2D eigenvalue weighted by Crippen LogP contribution is 2.31. The van der Waals surface area contributed by atoms with Crippen molar-refractivity contribution in [2.45, 2.75) is 58.3 Å². The maximum atomic E-state index is 14.4. The number of hydrogen-bond donors (Lipinski definition) is 3. The smallest absolute Gasteiger partial charge is 0.407 e. The van der Waals surface area contributed by atoms with E-state index in [1.165, 1.54) is 24.1 Å². The molecule has 2 amide bonds. The highest BCUT2D eigenvalue weighted by molar-refractivity contribution is 5.92. The second kappa shape index (κ2) is 15.3. The largest absolute Gasteiger partial charge is 0.465 e. The van der Waals surface area contributed by atoms with Crippen molar-refractivity contribution in [3.8, 4) is 0 Å². The van der Waals surface area contributed by atoms with E-state index in [0.717, 1.165) is 0 Å². The molecule has 1 fully saturated rings. The number of piperazine rings is 1. The number of amides is 2. The van der Waals surface area contributed by atoms with Gasteiger partial charge in [0.15, 0.2) is 0 Å². The average molecular weight is 590 g/mol. The Morgan fingerprint density at radius 2 is 1.93 bits per heavy atom. The minimum atomic E-state index is -0.952. The van der Waals surface area contributed by atoms with E-state index in [4.69, 9.17) is 9.47 Å². The number of carbonyl (C=O) groups excluding carboxylic acids is 2. The highest BCUT2D eigenvalue weighted by Gasteiger charge is 2.37. The third kappa shape index (κ3) is 9.37. The van der Waals surface area contributed by atoms with Crippen molar-refractivity contribution in [1.29, 1.82) is 0 Å². The van der Waals surface area contributed by atoms with Crippen molar-refractivity contribution in [1.82, 2.24) is 9.80 Å². The fourth-order valence-electron chi connectivity index (χ4n) is 5.81. The topological polar surface area (TPSA) is 129 Å². The number of likely N-dealkylation sites (N-methyl/N-ethyl adjacent to an activating group) is 1. The Morgan fingerprint density at radius 1 is 1.19 bits per heavy atom. The molecule has 232 valence electrons. The van der Waals surface area contributed by atoms with Crippen LogP contribution >= 0.6 is 0 Å². The molecule has 0 aromatic heterocycles. The van der Waals surface area contributed by atoms with E-state index < -0.39 is 36.0 Å². The van der Waals surface area contributed by atoms with Crippen LogP contribution < -0.4 is 5.32 Å². The van der Waals surface area contributed by atoms with Gasteiger partial charge in [-0.25, -0.2) is 9.18 Å². The fourth-order valence-corrected chi connectivity index (χ4v) is 5.81. The van der Waals surface area contributed by atoms with Gasteiger partial charge in [0.25, 0.3) is 0 Å². The molecule has 1 unspecified atom stereocenters. The van der Waals surface area contributed by atoms with Crippen LogP contribution in [0.25, 0.3) is 6.08 Å². The van der Waals surface area contributed by atoms with Crippen molar-refractivity contribution >= 4 is 29.7 Å². The first-order chi connectivity index (χ1) is 19.9. The second-order valence-electron chi connectivity index (χ2n) is 11.6. The van der Waals surface area contributed by atoms with E-state index in [9.17, 15) is 29.0 Å². The molecule has 42 heavy (non-hydrogen) atoms. The summed E-state index contributed by atoms with van der Waals surface area (Å²) in [5.41, 5.74) is 1.37. The molecule has 0 bridgehead atoms. The number of esters is 1. The number of methoxy groups -OCH3 is 1. The monoisotopic (exact) mass is 589 g/mol. The predicted molar refractivity (Wildman–Crippen MR) is 157 cm³/mol. The Kier molecular flexibility index (Phi) is 12.1. The summed E-state index contributed by atoms with van der Waals surface area (Å²) in [6, 6.07) is 3.86. The third-order valence-corrected chi connectivity index (χ3v) is 8.02. The first-order valence-corrected chi connectivity index (χ1v) is 14.4. The molecule has 0 spiro atoms. The number of carbonyl (C=O) groups is 3. The van der Waals surface area contributed by atoms with Gasteiger partial charge in [-0.2, -0.15) is 0 Å². The molecule has 6 atom stereocenters. The Morgan fingerprint density at radius 3 is 2.62 bits per heavy atom. The summed E-state index contributed by atoms with van der Waals surface area (Å²) in [6.07, 6.45) is 3.96. The van der Waals surface area contributed by atoms with Gasteiger partial charge in [-0.15, -0.1) is 0 Å². The van der Waals surface area contributed by atoms with Crippen LogP contribution in [0.5, 0.6) is 0 Å². The van der Waals surface area contributed by atoms with Crippen LogP contribution in [0, 0.1) is 23.6 Å². The van der Waals surface area contributed by atoms with E-state index in [1.807, 2.05) is 26.1 Å². The van der Waals surface area contributed by atoms with Gasteiger partial charge < -0.3 is 34.8 Å². The molecule has 3 N–H and O–H groups in total. The average Bonchev–Trinajstić information content (AvgIpc) is 2.89. The second-order valence-corrected chi connectivity index (χ2v) is 11.6. The minimum absolute atomic E-state index is 0.0472. The summed E-state index contributed by atoms with van der Waals surface area (Å²) in [5.74, 6) is -1.90. The lowest BCUT2D eigenvalue weighted by molar-refractivity contribution is -0.151. The van der Waals surface area contributed by atoms with Crippen LogP contribution in [-0.2, 0) is 19.1 Å². The van der Waals surface area contributed by atoms with Crippen LogP contribution in [0.2, 0.25) is 0 Å². The SMILES string of the molecule is COCC(=O)Nc1cc(F)cc(/C=C(\C)[C@H]2OC(=O)C[C@@H](O)CC[C@@H](C)[C@@H](C3CN(C)CCN3C(=O)O)/C=C/[C@@H]2C)c1. The Balaban J connectivity index is 1.95. The lowest BCUT2D eigenvalue weighted by Crippen LogP contribution is -2.57. The van der Waals surface area contributed by atoms with Crippen LogP contribution in [0.3, 0.4) is 0 Å². The minimum Gasteiger partial charge on any atom is -0.465 e. The zero-order valence-electron chi connectivity index (χ0n) is 25.1. The Labute approximate surface area is 247 Å². The van der Waals surface area contributed by atoms with E-state index in [0.29, 0.717) is 43.6 Å². The van der Waals surface area contributed by atoms with Crippen LogP contribution in [-0.4, -0.2) is 96.6 Å². The molecule has 0 radical (unpaired) electrons.